The summed E-state index contributed by atoms with van der Waals surface area (Å²) in [6.45, 7) is 6.44. The molecule has 0 aliphatic heterocycles. The van der Waals surface area contributed by atoms with Crippen LogP contribution in [0, 0.1) is 28.8 Å². The molecule has 1 aliphatic carbocycles. The quantitative estimate of drug-likeness (QED) is 0.671. The topological polar surface area (TPSA) is 15.8 Å². The minimum absolute atomic E-state index is 0.100. The van der Waals surface area contributed by atoms with Crippen LogP contribution in [0.5, 0.6) is 0 Å². The monoisotopic (exact) mass is 281 g/mol. The zero-order valence-corrected chi connectivity index (χ0v) is 11.9. The molecule has 0 bridgehead atoms. The molecule has 1 N–H and O–H groups in total. The molecule has 0 saturated carbocycles. The van der Waals surface area contributed by atoms with Crippen molar-refractivity contribution in [2.24, 2.45) is 11.3 Å². The van der Waals surface area contributed by atoms with E-state index >= 15 is 0 Å². The molecule has 0 radical (unpaired) electrons. The van der Waals surface area contributed by atoms with Gasteiger partial charge in [-0.2, -0.15) is 0 Å². The van der Waals surface area contributed by atoms with Crippen molar-refractivity contribution in [1.29, 1.82) is 0 Å². The second-order valence-electron chi connectivity index (χ2n) is 6.79. The number of aromatic amines is 1. The van der Waals surface area contributed by atoms with Crippen molar-refractivity contribution < 1.29 is 13.2 Å². The smallest absolute Gasteiger partial charge is 0.168 e. The van der Waals surface area contributed by atoms with E-state index in [0.717, 1.165) is 24.1 Å². The molecule has 4 heteroatoms. The fourth-order valence-electron chi connectivity index (χ4n) is 3.22. The maximum atomic E-state index is 14.1. The number of aromatic nitrogens is 1. The van der Waals surface area contributed by atoms with E-state index in [1.807, 2.05) is 0 Å². The van der Waals surface area contributed by atoms with E-state index in [2.05, 4.69) is 25.8 Å². The summed E-state index contributed by atoms with van der Waals surface area (Å²) >= 11 is 0. The number of benzene rings is 1. The molecule has 1 atom stereocenters. The summed E-state index contributed by atoms with van der Waals surface area (Å²) in [7, 11) is 0. The fraction of sp³-hybridized carbons (Fsp3) is 0.500. The Morgan fingerprint density at radius 2 is 1.85 bits per heavy atom. The lowest BCUT2D eigenvalue weighted by molar-refractivity contribution is 0.216. The standard InChI is InChI=1S/C16H18F3N/c1-16(2,3)8-4-5-12-9(6-8)13-14(19)10(17)7-11(18)15(13)20-12/h7-8,20H,4-6H2,1-3H3. The van der Waals surface area contributed by atoms with Crippen molar-refractivity contribution in [3.8, 4) is 0 Å². The zero-order chi connectivity index (χ0) is 14.7. The Bertz CT molecular complexity index is 679. The van der Waals surface area contributed by atoms with E-state index in [0.29, 0.717) is 18.4 Å². The summed E-state index contributed by atoms with van der Waals surface area (Å²) in [6.07, 6.45) is 2.40. The molecule has 1 aromatic heterocycles. The Morgan fingerprint density at radius 1 is 1.15 bits per heavy atom. The maximum Gasteiger partial charge on any atom is 0.168 e. The van der Waals surface area contributed by atoms with Gasteiger partial charge in [0.2, 0.25) is 0 Å². The van der Waals surface area contributed by atoms with E-state index in [4.69, 9.17) is 0 Å². The molecule has 108 valence electrons. The summed E-state index contributed by atoms with van der Waals surface area (Å²) in [5.41, 5.74) is 1.80. The van der Waals surface area contributed by atoms with Crippen LogP contribution >= 0.6 is 0 Å². The van der Waals surface area contributed by atoms with Gasteiger partial charge >= 0.3 is 0 Å². The third-order valence-corrected chi connectivity index (χ3v) is 4.53. The Labute approximate surface area is 116 Å². The van der Waals surface area contributed by atoms with Crippen molar-refractivity contribution in [3.05, 3.63) is 34.8 Å². The van der Waals surface area contributed by atoms with Crippen LogP contribution in [0.1, 0.15) is 38.4 Å². The van der Waals surface area contributed by atoms with Crippen LogP contribution in [0.3, 0.4) is 0 Å². The Morgan fingerprint density at radius 3 is 2.50 bits per heavy atom. The predicted molar refractivity (Wildman–Crippen MR) is 73.1 cm³/mol. The van der Waals surface area contributed by atoms with Crippen LogP contribution in [0.15, 0.2) is 6.07 Å². The van der Waals surface area contributed by atoms with Crippen LogP contribution < -0.4 is 0 Å². The normalized spacial score (nSPS) is 19.4. The number of halogens is 3. The fourth-order valence-corrected chi connectivity index (χ4v) is 3.22. The second-order valence-corrected chi connectivity index (χ2v) is 6.79. The van der Waals surface area contributed by atoms with Crippen LogP contribution in [-0.2, 0) is 12.8 Å². The van der Waals surface area contributed by atoms with E-state index < -0.39 is 17.5 Å². The number of rotatable bonds is 0. The summed E-state index contributed by atoms with van der Waals surface area (Å²) in [5.74, 6) is -2.39. The Hall–Kier alpha value is -1.45. The summed E-state index contributed by atoms with van der Waals surface area (Å²) in [4.78, 5) is 2.94. The van der Waals surface area contributed by atoms with Gasteiger partial charge in [-0.1, -0.05) is 20.8 Å². The first-order chi connectivity index (χ1) is 9.29. The number of nitrogens with one attached hydrogen (secondary N) is 1. The number of H-pyrrole nitrogens is 1. The highest BCUT2D eigenvalue weighted by atomic mass is 19.2. The minimum Gasteiger partial charge on any atom is -0.356 e. The van der Waals surface area contributed by atoms with Crippen molar-refractivity contribution in [1.82, 2.24) is 4.98 Å². The van der Waals surface area contributed by atoms with E-state index in [9.17, 15) is 13.2 Å². The van der Waals surface area contributed by atoms with E-state index in [1.54, 1.807) is 0 Å². The summed E-state index contributed by atoms with van der Waals surface area (Å²) in [5, 5.41) is 0.103. The molecule has 1 heterocycles. The highest BCUT2D eigenvalue weighted by Gasteiger charge is 2.32. The van der Waals surface area contributed by atoms with Gasteiger partial charge < -0.3 is 4.98 Å². The predicted octanol–water partition coefficient (Wildman–Crippen LogP) is 4.74. The Kier molecular flexibility index (Phi) is 2.89. The largest absolute Gasteiger partial charge is 0.356 e. The van der Waals surface area contributed by atoms with Crippen LogP contribution in [0.2, 0.25) is 0 Å². The van der Waals surface area contributed by atoms with Crippen LogP contribution in [-0.4, -0.2) is 4.98 Å². The minimum atomic E-state index is -1.12. The molecule has 0 fully saturated rings. The molecule has 0 saturated heterocycles. The molecular weight excluding hydrogens is 263 g/mol. The first-order valence-electron chi connectivity index (χ1n) is 6.96. The molecule has 1 aliphatic rings. The molecule has 0 spiro atoms. The van der Waals surface area contributed by atoms with Gasteiger partial charge in [-0.3, -0.25) is 0 Å². The number of aryl methyl sites for hydroxylation is 1. The van der Waals surface area contributed by atoms with E-state index in [1.165, 1.54) is 0 Å². The van der Waals surface area contributed by atoms with E-state index in [-0.39, 0.29) is 16.3 Å². The second kappa shape index (κ2) is 4.27. The lowest BCUT2D eigenvalue weighted by Gasteiger charge is -2.34. The van der Waals surface area contributed by atoms with Crippen molar-refractivity contribution in [2.45, 2.75) is 40.0 Å². The number of hydrogen-bond donors (Lipinski definition) is 1. The highest BCUT2D eigenvalue weighted by molar-refractivity contribution is 5.86. The third kappa shape index (κ3) is 1.93. The lowest BCUT2D eigenvalue weighted by Crippen LogP contribution is -2.26. The van der Waals surface area contributed by atoms with Gasteiger partial charge in [0.05, 0.1) is 5.52 Å². The van der Waals surface area contributed by atoms with Gasteiger partial charge in [0.15, 0.2) is 11.6 Å². The first kappa shape index (κ1) is 13.5. The number of fused-ring (bicyclic) bond motifs is 3. The van der Waals surface area contributed by atoms with Crippen LogP contribution in [0.4, 0.5) is 13.2 Å². The van der Waals surface area contributed by atoms with Gasteiger partial charge in [-0.25, -0.2) is 13.2 Å². The van der Waals surface area contributed by atoms with Crippen molar-refractivity contribution in [2.75, 3.05) is 0 Å². The SMILES string of the molecule is CC(C)(C)C1CCc2[nH]c3c(F)cc(F)c(F)c3c2C1. The summed E-state index contributed by atoms with van der Waals surface area (Å²) < 4.78 is 41.3. The van der Waals surface area contributed by atoms with Gasteiger partial charge in [0.1, 0.15) is 5.82 Å². The Balaban J connectivity index is 2.20. The molecule has 1 unspecified atom stereocenters. The molecule has 1 aromatic carbocycles. The molecule has 3 rings (SSSR count). The average molecular weight is 281 g/mol. The van der Waals surface area contributed by atoms with Gasteiger partial charge in [0.25, 0.3) is 0 Å². The average Bonchev–Trinajstić information content (AvgIpc) is 2.74. The molecule has 0 amide bonds. The maximum absolute atomic E-state index is 14.1. The van der Waals surface area contributed by atoms with Gasteiger partial charge in [0, 0.05) is 17.1 Å². The first-order valence-corrected chi connectivity index (χ1v) is 6.96. The van der Waals surface area contributed by atoms with Crippen molar-refractivity contribution in [3.63, 3.8) is 0 Å². The van der Waals surface area contributed by atoms with Gasteiger partial charge in [-0.15, -0.1) is 0 Å². The third-order valence-electron chi connectivity index (χ3n) is 4.53. The lowest BCUT2D eigenvalue weighted by atomic mass is 9.71. The molecule has 20 heavy (non-hydrogen) atoms. The van der Waals surface area contributed by atoms with Crippen molar-refractivity contribution >= 4 is 10.9 Å². The van der Waals surface area contributed by atoms with Crippen LogP contribution in [0.25, 0.3) is 10.9 Å². The highest BCUT2D eigenvalue weighted by Crippen LogP contribution is 2.41. The summed E-state index contributed by atoms with van der Waals surface area (Å²) in [6, 6.07) is 0.612. The molecular formula is C16H18F3N. The van der Waals surface area contributed by atoms with Gasteiger partial charge in [-0.05, 0) is 36.2 Å². The number of hydrogen-bond acceptors (Lipinski definition) is 0. The zero-order valence-electron chi connectivity index (χ0n) is 11.9. The molecule has 2 aromatic rings. The molecule has 1 nitrogen and oxygen atoms in total.